The molecular formula is C23H24FN6O5PS4. The maximum absolute atomic E-state index is 14.6. The van der Waals surface area contributed by atoms with Crippen molar-refractivity contribution in [2.24, 2.45) is 5.73 Å². The average molecular weight is 643 g/mol. The molecule has 0 bridgehead atoms. The summed E-state index contributed by atoms with van der Waals surface area (Å²) in [5.41, 5.74) is 5.08. The molecule has 11 nitrogen and oxygen atoms in total. The molecule has 1 aliphatic carbocycles. The molecule has 212 valence electrons. The number of amides is 2. The standard InChI is InChI=1S/C23H24FN6O5PS4/c24-11-6-13(22(37)26-12-2-1-10(5-12)15-7-16-14(39-15)3-4-38-16)29(8-11)17(31)9-30-21-19(18(28-30)20(25)32)40-23(27-21)36(33,34)35/h3-4,7,10-13H,1-2,5-6,8-9H2,(H2,25,32)(H,26,37)(H2,33,34,35)/t10?,11-,12?,13+/m1/s1. The summed E-state index contributed by atoms with van der Waals surface area (Å²) in [7, 11) is -4.71. The molecule has 2 unspecified atom stereocenters. The molecule has 2 aliphatic rings. The van der Waals surface area contributed by atoms with Crippen LogP contribution in [0.2, 0.25) is 0 Å². The number of thiazole rings is 1. The first-order chi connectivity index (χ1) is 19.0. The Bertz CT molecular complexity index is 1660. The third-order valence-corrected chi connectivity index (χ3v) is 12.3. The molecule has 17 heteroatoms. The van der Waals surface area contributed by atoms with Crippen molar-refractivity contribution in [2.75, 3.05) is 6.54 Å². The highest BCUT2D eigenvalue weighted by molar-refractivity contribution is 7.80. The summed E-state index contributed by atoms with van der Waals surface area (Å²) in [6.45, 7) is -0.580. The molecule has 4 aromatic heterocycles. The van der Waals surface area contributed by atoms with Crippen molar-refractivity contribution in [1.29, 1.82) is 0 Å². The van der Waals surface area contributed by atoms with Gasteiger partial charge in [-0.25, -0.2) is 14.1 Å². The van der Waals surface area contributed by atoms with Crippen molar-refractivity contribution in [3.8, 4) is 0 Å². The van der Waals surface area contributed by atoms with Gasteiger partial charge in [0.25, 0.3) is 5.91 Å². The van der Waals surface area contributed by atoms with Crippen LogP contribution in [-0.4, -0.2) is 71.1 Å². The number of hydrogen-bond donors (Lipinski definition) is 4. The number of rotatable bonds is 7. The molecule has 0 radical (unpaired) electrons. The molecule has 0 spiro atoms. The number of fused-ring (bicyclic) bond motifs is 2. The van der Waals surface area contributed by atoms with Gasteiger partial charge >= 0.3 is 7.60 Å². The topological polar surface area (TPSA) is 164 Å². The largest absolute Gasteiger partial charge is 0.384 e. The van der Waals surface area contributed by atoms with Gasteiger partial charge in [0.1, 0.15) is 17.4 Å². The Hall–Kier alpha value is -2.33. The van der Waals surface area contributed by atoms with Crippen LogP contribution in [0, 0.1) is 0 Å². The fraction of sp³-hybridized carbons (Fsp3) is 0.435. The molecular weight excluding hydrogens is 619 g/mol. The number of hydrogen-bond acceptors (Lipinski definition) is 9. The number of thiophene rings is 2. The van der Waals surface area contributed by atoms with Gasteiger partial charge in [0.05, 0.1) is 17.6 Å². The zero-order valence-electron chi connectivity index (χ0n) is 20.7. The van der Waals surface area contributed by atoms with E-state index in [0.29, 0.717) is 22.2 Å². The minimum absolute atomic E-state index is 0.0517. The third-order valence-electron chi connectivity index (χ3n) is 7.26. The van der Waals surface area contributed by atoms with Gasteiger partial charge in [-0.1, -0.05) is 12.2 Å². The number of primary amides is 1. The monoisotopic (exact) mass is 642 g/mol. The molecule has 1 saturated carbocycles. The first kappa shape index (κ1) is 27.8. The van der Waals surface area contributed by atoms with Gasteiger partial charge in [-0.05, 0) is 42.7 Å². The number of thiocarbonyl (C=S) groups is 1. The van der Waals surface area contributed by atoms with Gasteiger partial charge in [-0.15, -0.1) is 34.0 Å². The fourth-order valence-corrected chi connectivity index (χ4v) is 9.85. The van der Waals surface area contributed by atoms with Crippen molar-refractivity contribution >= 4 is 95.1 Å². The molecule has 5 N–H and O–H groups in total. The van der Waals surface area contributed by atoms with Gasteiger partial charge in [-0.3, -0.25) is 14.2 Å². The van der Waals surface area contributed by atoms with E-state index in [1.807, 2.05) is 11.3 Å². The highest BCUT2D eigenvalue weighted by Gasteiger charge is 2.40. The second-order valence-corrected chi connectivity index (χ2v) is 15.3. The maximum Gasteiger partial charge on any atom is 0.384 e. The Kier molecular flexibility index (Phi) is 7.30. The second kappa shape index (κ2) is 10.5. The molecule has 0 aromatic carbocycles. The van der Waals surface area contributed by atoms with Crippen LogP contribution < -0.4 is 15.8 Å². The van der Waals surface area contributed by atoms with Gasteiger partial charge in [0, 0.05) is 26.7 Å². The van der Waals surface area contributed by atoms with Gasteiger partial charge in [-0.2, -0.15) is 5.10 Å². The molecule has 4 atom stereocenters. The van der Waals surface area contributed by atoms with Crippen LogP contribution in [0.3, 0.4) is 0 Å². The lowest BCUT2D eigenvalue weighted by Crippen LogP contribution is -2.48. The quantitative estimate of drug-likeness (QED) is 0.175. The lowest BCUT2D eigenvalue weighted by atomic mass is 10.1. The molecule has 40 heavy (non-hydrogen) atoms. The average Bonchev–Trinajstić information content (AvgIpc) is 3.67. The number of carbonyl (C=O) groups excluding carboxylic acids is 2. The molecule has 5 heterocycles. The summed E-state index contributed by atoms with van der Waals surface area (Å²) < 4.78 is 29.5. The van der Waals surface area contributed by atoms with Crippen molar-refractivity contribution < 1.29 is 28.3 Å². The van der Waals surface area contributed by atoms with E-state index < -0.39 is 42.9 Å². The molecule has 1 saturated heterocycles. The number of aromatic nitrogens is 3. The summed E-state index contributed by atoms with van der Waals surface area (Å²) >= 11 is 9.82. The van der Waals surface area contributed by atoms with Gasteiger partial charge in [0.2, 0.25) is 10.7 Å². The molecule has 6 rings (SSSR count). The van der Waals surface area contributed by atoms with Crippen LogP contribution in [0.15, 0.2) is 17.5 Å². The number of carbonyl (C=O) groups is 2. The Morgan fingerprint density at radius 2 is 2.05 bits per heavy atom. The van der Waals surface area contributed by atoms with E-state index in [1.165, 1.54) is 19.2 Å². The zero-order chi connectivity index (χ0) is 28.3. The van der Waals surface area contributed by atoms with Crippen LogP contribution in [0.25, 0.3) is 19.7 Å². The van der Waals surface area contributed by atoms with Crippen LogP contribution in [-0.2, 0) is 15.9 Å². The Balaban J connectivity index is 1.15. The number of nitrogens with two attached hydrogens (primary N) is 1. The summed E-state index contributed by atoms with van der Waals surface area (Å²) in [6.07, 6.45) is 1.65. The first-order valence-electron chi connectivity index (χ1n) is 12.4. The highest BCUT2D eigenvalue weighted by atomic mass is 32.1. The predicted molar refractivity (Wildman–Crippen MR) is 156 cm³/mol. The van der Waals surface area contributed by atoms with E-state index in [0.717, 1.165) is 23.9 Å². The van der Waals surface area contributed by atoms with Crippen molar-refractivity contribution in [1.82, 2.24) is 25.0 Å². The van der Waals surface area contributed by atoms with E-state index in [9.17, 15) is 28.3 Å². The van der Waals surface area contributed by atoms with Crippen LogP contribution in [0.5, 0.6) is 0 Å². The number of alkyl halides is 1. The first-order valence-corrected chi connectivity index (χ1v) is 17.0. The summed E-state index contributed by atoms with van der Waals surface area (Å²) in [5, 5.41) is 9.53. The molecule has 4 aromatic rings. The van der Waals surface area contributed by atoms with Crippen LogP contribution in [0.4, 0.5) is 4.39 Å². The van der Waals surface area contributed by atoms with Crippen LogP contribution >= 0.6 is 53.8 Å². The van der Waals surface area contributed by atoms with E-state index >= 15 is 0 Å². The smallest absolute Gasteiger partial charge is 0.375 e. The SMILES string of the molecule is NC(=O)c1nn(CC(=O)N2C[C@H](F)C[C@H]2C(=S)NC2CCC(c3cc4sccc4s3)C2)c2nc(P(=O)(O)O)sc12. The molecule has 2 amide bonds. The normalized spacial score (nSPS) is 23.4. The fourth-order valence-electron chi connectivity index (χ4n) is 5.42. The van der Waals surface area contributed by atoms with Crippen molar-refractivity contribution in [3.05, 3.63) is 28.1 Å². The van der Waals surface area contributed by atoms with Crippen LogP contribution in [0.1, 0.15) is 47.0 Å². The Morgan fingerprint density at radius 3 is 2.77 bits per heavy atom. The Labute approximate surface area is 244 Å². The highest BCUT2D eigenvalue weighted by Crippen LogP contribution is 2.42. The minimum Gasteiger partial charge on any atom is -0.375 e. The lowest BCUT2D eigenvalue weighted by Gasteiger charge is -2.27. The van der Waals surface area contributed by atoms with E-state index in [-0.39, 0.29) is 35.0 Å². The number of likely N-dealkylation sites (tertiary alicyclic amines) is 1. The Morgan fingerprint density at radius 1 is 1.25 bits per heavy atom. The summed E-state index contributed by atoms with van der Waals surface area (Å²) in [5.74, 6) is -1.01. The third kappa shape index (κ3) is 5.22. The zero-order valence-corrected chi connectivity index (χ0v) is 24.9. The summed E-state index contributed by atoms with van der Waals surface area (Å²) in [4.78, 5) is 51.3. The predicted octanol–water partition coefficient (Wildman–Crippen LogP) is 2.86. The van der Waals surface area contributed by atoms with Crippen molar-refractivity contribution in [2.45, 2.75) is 56.4 Å². The van der Waals surface area contributed by atoms with E-state index in [4.69, 9.17) is 18.0 Å². The number of halogens is 1. The van der Waals surface area contributed by atoms with E-state index in [2.05, 4.69) is 32.9 Å². The molecule has 2 fully saturated rings. The lowest BCUT2D eigenvalue weighted by molar-refractivity contribution is -0.132. The number of nitrogens with one attached hydrogen (secondary N) is 1. The maximum atomic E-state index is 14.6. The number of nitrogens with zero attached hydrogens (tertiary/aromatic N) is 4. The van der Waals surface area contributed by atoms with Gasteiger partial charge < -0.3 is 25.7 Å². The van der Waals surface area contributed by atoms with Crippen molar-refractivity contribution in [3.63, 3.8) is 0 Å². The summed E-state index contributed by atoms with van der Waals surface area (Å²) in [6, 6.07) is 3.88. The molecule has 1 aliphatic heterocycles. The van der Waals surface area contributed by atoms with Gasteiger partial charge in [0.15, 0.2) is 11.3 Å². The van der Waals surface area contributed by atoms with E-state index in [1.54, 1.807) is 11.3 Å². The second-order valence-electron chi connectivity index (χ2n) is 9.97. The minimum atomic E-state index is -4.71.